The highest BCUT2D eigenvalue weighted by Crippen LogP contribution is 2.19. The van der Waals surface area contributed by atoms with Crippen LogP contribution in [-0.4, -0.2) is 18.1 Å². The number of hydrogen-bond donors (Lipinski definition) is 2. The summed E-state index contributed by atoms with van der Waals surface area (Å²) in [4.78, 5) is 21.2. The van der Waals surface area contributed by atoms with E-state index in [4.69, 9.17) is 0 Å². The molecule has 0 fully saturated rings. The minimum absolute atomic E-state index is 0.444. The molecule has 0 atom stereocenters. The van der Waals surface area contributed by atoms with E-state index in [2.05, 4.69) is 0 Å². The van der Waals surface area contributed by atoms with Crippen molar-refractivity contribution in [2.75, 3.05) is 5.32 Å². The number of rotatable bonds is 1. The third-order valence-electron chi connectivity index (χ3n) is 1.77. The maximum atomic E-state index is 13.0. The number of imide groups is 1. The topological polar surface area (TPSA) is 58.2 Å². The van der Waals surface area contributed by atoms with Gasteiger partial charge in [0.05, 0.1) is 5.69 Å². The van der Waals surface area contributed by atoms with Crippen LogP contribution in [0.15, 0.2) is 12.1 Å². The Kier molecular flexibility index (Phi) is 4.02. The first kappa shape index (κ1) is 14.8. The predicted molar refractivity (Wildman–Crippen MR) is 49.5 cm³/mol. The van der Waals surface area contributed by atoms with Crippen molar-refractivity contribution in [3.8, 4) is 0 Å². The Bertz CT molecular complexity index is 528. The highest BCUT2D eigenvalue weighted by molar-refractivity contribution is 6.02. The summed E-state index contributed by atoms with van der Waals surface area (Å²) < 4.78 is 73.6. The van der Waals surface area contributed by atoms with Gasteiger partial charge in [-0.25, -0.2) is 18.0 Å². The van der Waals surface area contributed by atoms with Crippen LogP contribution in [0, 0.1) is 17.5 Å². The Balaban J connectivity index is 2.79. The molecule has 0 aromatic heterocycles. The van der Waals surface area contributed by atoms with Gasteiger partial charge in [-0.1, -0.05) is 0 Å². The van der Waals surface area contributed by atoms with Gasteiger partial charge in [0.1, 0.15) is 0 Å². The van der Waals surface area contributed by atoms with Gasteiger partial charge >= 0.3 is 18.1 Å². The van der Waals surface area contributed by atoms with Crippen LogP contribution < -0.4 is 10.6 Å². The molecule has 19 heavy (non-hydrogen) atoms. The number of amides is 3. The summed E-state index contributed by atoms with van der Waals surface area (Å²) >= 11 is 0. The van der Waals surface area contributed by atoms with Crippen molar-refractivity contribution in [2.45, 2.75) is 6.18 Å². The standard InChI is InChI=1S/C9H4F6N2O2/c10-3-1-2-4(6(12)5(3)11)16-8(19)17-7(18)9(13,14)15/h1-2H,(H2,16,17,18,19). The SMILES string of the molecule is O=C(NC(=O)C(F)(F)F)Nc1ccc(F)c(F)c1F. The van der Waals surface area contributed by atoms with Crippen LogP contribution in [0.25, 0.3) is 0 Å². The molecule has 1 aromatic rings. The van der Waals surface area contributed by atoms with Gasteiger partial charge in [-0.2, -0.15) is 13.2 Å². The second kappa shape index (κ2) is 5.16. The van der Waals surface area contributed by atoms with E-state index in [-0.39, 0.29) is 0 Å². The fourth-order valence-electron chi connectivity index (χ4n) is 0.950. The molecule has 0 bridgehead atoms. The predicted octanol–water partition coefficient (Wildman–Crippen LogP) is 2.31. The summed E-state index contributed by atoms with van der Waals surface area (Å²) in [5, 5.41) is 2.26. The Labute approximate surface area is 101 Å². The zero-order valence-corrected chi connectivity index (χ0v) is 8.74. The molecule has 0 saturated heterocycles. The molecule has 0 radical (unpaired) electrons. The minimum atomic E-state index is -5.32. The van der Waals surface area contributed by atoms with E-state index in [1.54, 1.807) is 0 Å². The van der Waals surface area contributed by atoms with Crippen LogP contribution in [0.3, 0.4) is 0 Å². The van der Waals surface area contributed by atoms with Crippen molar-refractivity contribution in [2.24, 2.45) is 0 Å². The lowest BCUT2D eigenvalue weighted by Crippen LogP contribution is -2.42. The first-order valence-corrected chi connectivity index (χ1v) is 4.45. The molecule has 1 aromatic carbocycles. The van der Waals surface area contributed by atoms with Crippen LogP contribution >= 0.6 is 0 Å². The van der Waals surface area contributed by atoms with Crippen molar-refractivity contribution >= 4 is 17.6 Å². The number of benzene rings is 1. The average Bonchev–Trinajstić information content (AvgIpc) is 2.28. The van der Waals surface area contributed by atoms with Crippen LogP contribution in [-0.2, 0) is 4.79 Å². The number of halogens is 6. The second-order valence-corrected chi connectivity index (χ2v) is 3.13. The fraction of sp³-hybridized carbons (Fsp3) is 0.111. The molecular weight excluding hydrogens is 282 g/mol. The molecular formula is C9H4F6N2O2. The van der Waals surface area contributed by atoms with Crippen LogP contribution in [0.5, 0.6) is 0 Å². The molecule has 3 amide bonds. The van der Waals surface area contributed by atoms with E-state index < -0.39 is 41.3 Å². The zero-order chi connectivity index (χ0) is 14.8. The highest BCUT2D eigenvalue weighted by Gasteiger charge is 2.39. The lowest BCUT2D eigenvalue weighted by Gasteiger charge is -2.09. The molecule has 1 rings (SSSR count). The van der Waals surface area contributed by atoms with Gasteiger partial charge in [0, 0.05) is 0 Å². The molecule has 0 aliphatic carbocycles. The Morgan fingerprint density at radius 2 is 1.58 bits per heavy atom. The second-order valence-electron chi connectivity index (χ2n) is 3.13. The number of nitrogens with one attached hydrogen (secondary N) is 2. The summed E-state index contributed by atoms with van der Waals surface area (Å²) in [7, 11) is 0. The molecule has 4 nitrogen and oxygen atoms in total. The van der Waals surface area contributed by atoms with E-state index in [0.29, 0.717) is 12.1 Å². The van der Waals surface area contributed by atoms with Gasteiger partial charge < -0.3 is 5.32 Å². The molecule has 10 heteroatoms. The molecule has 2 N–H and O–H groups in total. The molecule has 0 unspecified atom stereocenters. The van der Waals surface area contributed by atoms with E-state index >= 15 is 0 Å². The molecule has 104 valence electrons. The summed E-state index contributed by atoms with van der Waals surface area (Å²) in [6.45, 7) is 0. The third kappa shape index (κ3) is 3.60. The smallest absolute Gasteiger partial charge is 0.305 e. The number of urea groups is 1. The lowest BCUT2D eigenvalue weighted by molar-refractivity contribution is -0.172. The number of anilines is 1. The summed E-state index contributed by atoms with van der Waals surface area (Å²) in [5.74, 6) is -7.86. The van der Waals surface area contributed by atoms with E-state index in [1.807, 2.05) is 0 Å². The lowest BCUT2D eigenvalue weighted by atomic mass is 10.3. The summed E-state index contributed by atoms with van der Waals surface area (Å²) in [5.41, 5.74) is -0.925. The fourth-order valence-corrected chi connectivity index (χ4v) is 0.950. The van der Waals surface area contributed by atoms with Crippen LogP contribution in [0.2, 0.25) is 0 Å². The monoisotopic (exact) mass is 286 g/mol. The van der Waals surface area contributed by atoms with Crippen molar-refractivity contribution in [3.05, 3.63) is 29.6 Å². The quantitative estimate of drug-likeness (QED) is 0.615. The van der Waals surface area contributed by atoms with E-state index in [9.17, 15) is 35.9 Å². The number of carbonyl (C=O) groups is 2. The average molecular weight is 286 g/mol. The number of alkyl halides is 3. The molecule has 0 aliphatic heterocycles. The van der Waals surface area contributed by atoms with Crippen molar-refractivity contribution in [1.82, 2.24) is 5.32 Å². The first-order chi connectivity index (χ1) is 8.62. The largest absolute Gasteiger partial charge is 0.471 e. The van der Waals surface area contributed by atoms with Gasteiger partial charge in [-0.05, 0) is 12.1 Å². The Hall–Kier alpha value is -2.26. The van der Waals surface area contributed by atoms with Gasteiger partial charge in [-0.15, -0.1) is 0 Å². The number of hydrogen-bond acceptors (Lipinski definition) is 2. The Morgan fingerprint density at radius 3 is 2.11 bits per heavy atom. The highest BCUT2D eigenvalue weighted by atomic mass is 19.4. The summed E-state index contributed by atoms with van der Waals surface area (Å²) in [6.07, 6.45) is -5.32. The normalized spacial score (nSPS) is 11.1. The number of carbonyl (C=O) groups excluding carboxylic acids is 2. The van der Waals surface area contributed by atoms with Gasteiger partial charge in [-0.3, -0.25) is 10.1 Å². The minimum Gasteiger partial charge on any atom is -0.305 e. The van der Waals surface area contributed by atoms with E-state index in [1.165, 1.54) is 5.32 Å². The zero-order valence-electron chi connectivity index (χ0n) is 8.74. The summed E-state index contributed by atoms with van der Waals surface area (Å²) in [6, 6.07) is -0.724. The van der Waals surface area contributed by atoms with Crippen molar-refractivity contribution in [1.29, 1.82) is 0 Å². The van der Waals surface area contributed by atoms with Crippen LogP contribution in [0.4, 0.5) is 36.8 Å². The van der Waals surface area contributed by atoms with Gasteiger partial charge in [0.25, 0.3) is 0 Å². The molecule has 0 spiro atoms. The maximum Gasteiger partial charge on any atom is 0.471 e. The van der Waals surface area contributed by atoms with Gasteiger partial charge in [0.2, 0.25) is 0 Å². The Morgan fingerprint density at radius 1 is 1.00 bits per heavy atom. The third-order valence-corrected chi connectivity index (χ3v) is 1.77. The molecule has 0 aliphatic rings. The van der Waals surface area contributed by atoms with Crippen molar-refractivity contribution < 1.29 is 35.9 Å². The van der Waals surface area contributed by atoms with Crippen molar-refractivity contribution in [3.63, 3.8) is 0 Å². The first-order valence-electron chi connectivity index (χ1n) is 4.45. The molecule has 0 heterocycles. The van der Waals surface area contributed by atoms with Gasteiger partial charge in [0.15, 0.2) is 17.5 Å². The molecule has 0 saturated carbocycles. The maximum absolute atomic E-state index is 13.0. The van der Waals surface area contributed by atoms with Crippen LogP contribution in [0.1, 0.15) is 0 Å². The van der Waals surface area contributed by atoms with E-state index in [0.717, 1.165) is 5.32 Å².